The molecular formula is C20H18ClN3O. The van der Waals surface area contributed by atoms with Crippen LogP contribution in [0.1, 0.15) is 17.0 Å². The summed E-state index contributed by atoms with van der Waals surface area (Å²) in [6, 6.07) is 15.1. The average Bonchev–Trinajstić information content (AvgIpc) is 3.00. The number of halogens is 1. The quantitative estimate of drug-likeness (QED) is 0.686. The number of nitrogens with zero attached hydrogens (tertiary/aromatic N) is 2. The van der Waals surface area contributed by atoms with Gasteiger partial charge in [0.05, 0.1) is 0 Å². The van der Waals surface area contributed by atoms with Gasteiger partial charge in [0.15, 0.2) is 0 Å². The number of nitrogens with one attached hydrogen (secondary N) is 1. The predicted octanol–water partition coefficient (Wildman–Crippen LogP) is 4.55. The Morgan fingerprint density at radius 3 is 2.72 bits per heavy atom. The number of carbonyl (C=O) groups is 1. The second kappa shape index (κ2) is 7.81. The van der Waals surface area contributed by atoms with Crippen molar-refractivity contribution in [1.82, 2.24) is 9.55 Å². The van der Waals surface area contributed by atoms with E-state index in [2.05, 4.69) is 14.9 Å². The van der Waals surface area contributed by atoms with Crippen molar-refractivity contribution in [3.8, 4) is 0 Å². The Labute approximate surface area is 151 Å². The fourth-order valence-corrected chi connectivity index (χ4v) is 2.63. The maximum absolute atomic E-state index is 12.0. The van der Waals surface area contributed by atoms with E-state index in [0.717, 1.165) is 29.2 Å². The molecule has 1 N–H and O–H groups in total. The molecule has 0 atom stereocenters. The summed E-state index contributed by atoms with van der Waals surface area (Å²) in [5.41, 5.74) is 2.79. The molecule has 3 aromatic rings. The zero-order chi connectivity index (χ0) is 17.6. The summed E-state index contributed by atoms with van der Waals surface area (Å²) >= 11 is 5.93. The summed E-state index contributed by atoms with van der Waals surface area (Å²) in [5.74, 6) is 0.793. The number of imidazole rings is 1. The van der Waals surface area contributed by atoms with E-state index < -0.39 is 0 Å². The Morgan fingerprint density at radius 2 is 2.04 bits per heavy atom. The molecule has 0 aliphatic rings. The lowest BCUT2D eigenvalue weighted by Gasteiger charge is -2.07. The van der Waals surface area contributed by atoms with Crippen LogP contribution in [-0.4, -0.2) is 15.5 Å². The molecule has 2 aromatic carbocycles. The molecule has 0 saturated heterocycles. The normalized spacial score (nSPS) is 11.0. The molecular weight excluding hydrogens is 334 g/mol. The molecule has 0 aliphatic heterocycles. The largest absolute Gasteiger partial charge is 0.331 e. The molecule has 0 unspecified atom stereocenters. The summed E-state index contributed by atoms with van der Waals surface area (Å²) in [6.07, 6.45) is 6.97. The fourth-order valence-electron chi connectivity index (χ4n) is 2.43. The number of hydrogen-bond acceptors (Lipinski definition) is 2. The van der Waals surface area contributed by atoms with E-state index in [9.17, 15) is 4.79 Å². The Hall–Kier alpha value is -2.85. The van der Waals surface area contributed by atoms with Crippen molar-refractivity contribution in [3.05, 3.63) is 89.0 Å². The SMILES string of the molecule is Cc1nccn1Cc1ccc(NC(=O)/C=C/c2cccc(Cl)c2)cc1. The summed E-state index contributed by atoms with van der Waals surface area (Å²) in [6.45, 7) is 2.73. The molecule has 5 heteroatoms. The van der Waals surface area contributed by atoms with Gasteiger partial charge < -0.3 is 9.88 Å². The molecule has 1 amide bonds. The van der Waals surface area contributed by atoms with Gasteiger partial charge in [0.25, 0.3) is 0 Å². The van der Waals surface area contributed by atoms with Gasteiger partial charge in [-0.05, 0) is 48.4 Å². The molecule has 0 fully saturated rings. The molecule has 126 valence electrons. The molecule has 0 radical (unpaired) electrons. The van der Waals surface area contributed by atoms with Gasteiger partial charge in [0.1, 0.15) is 5.82 Å². The smallest absolute Gasteiger partial charge is 0.248 e. The van der Waals surface area contributed by atoms with Crippen molar-refractivity contribution in [2.24, 2.45) is 0 Å². The van der Waals surface area contributed by atoms with Crippen LogP contribution >= 0.6 is 11.6 Å². The van der Waals surface area contributed by atoms with Crippen LogP contribution < -0.4 is 5.32 Å². The van der Waals surface area contributed by atoms with Crippen molar-refractivity contribution in [1.29, 1.82) is 0 Å². The van der Waals surface area contributed by atoms with Gasteiger partial charge in [-0.15, -0.1) is 0 Å². The number of carbonyl (C=O) groups excluding carboxylic acids is 1. The van der Waals surface area contributed by atoms with E-state index >= 15 is 0 Å². The third kappa shape index (κ3) is 4.81. The van der Waals surface area contributed by atoms with E-state index in [0.29, 0.717) is 5.02 Å². The Balaban J connectivity index is 1.59. The van der Waals surface area contributed by atoms with Gasteiger partial charge in [-0.3, -0.25) is 4.79 Å². The second-order valence-corrected chi connectivity index (χ2v) is 6.11. The van der Waals surface area contributed by atoms with Crippen LogP contribution in [0.25, 0.3) is 6.08 Å². The second-order valence-electron chi connectivity index (χ2n) is 5.68. The molecule has 3 rings (SSSR count). The molecule has 4 nitrogen and oxygen atoms in total. The van der Waals surface area contributed by atoms with E-state index in [1.807, 2.05) is 49.5 Å². The van der Waals surface area contributed by atoms with Gasteiger partial charge in [0, 0.05) is 35.7 Å². The number of amides is 1. The van der Waals surface area contributed by atoms with Crippen molar-refractivity contribution in [2.75, 3.05) is 5.32 Å². The topological polar surface area (TPSA) is 46.9 Å². The van der Waals surface area contributed by atoms with Crippen LogP contribution in [0.15, 0.2) is 67.0 Å². The van der Waals surface area contributed by atoms with Crippen molar-refractivity contribution in [3.63, 3.8) is 0 Å². The number of benzene rings is 2. The van der Waals surface area contributed by atoms with Gasteiger partial charge in [0.2, 0.25) is 5.91 Å². The molecule has 0 spiro atoms. The average molecular weight is 352 g/mol. The van der Waals surface area contributed by atoms with E-state index in [-0.39, 0.29) is 5.91 Å². The Morgan fingerprint density at radius 1 is 1.24 bits per heavy atom. The zero-order valence-corrected chi connectivity index (χ0v) is 14.6. The van der Waals surface area contributed by atoms with Crippen molar-refractivity contribution >= 4 is 29.3 Å². The summed E-state index contributed by atoms with van der Waals surface area (Å²) in [4.78, 5) is 16.2. The first-order valence-corrected chi connectivity index (χ1v) is 8.29. The highest BCUT2D eigenvalue weighted by Gasteiger charge is 2.01. The van der Waals surface area contributed by atoms with Crippen molar-refractivity contribution < 1.29 is 4.79 Å². The molecule has 0 aliphatic carbocycles. The monoisotopic (exact) mass is 351 g/mol. The van der Waals surface area contributed by atoms with Crippen LogP contribution in [0.2, 0.25) is 5.02 Å². The van der Waals surface area contributed by atoms with Gasteiger partial charge in [-0.1, -0.05) is 35.9 Å². The van der Waals surface area contributed by atoms with Gasteiger partial charge >= 0.3 is 0 Å². The molecule has 1 aromatic heterocycles. The summed E-state index contributed by atoms with van der Waals surface area (Å²) in [7, 11) is 0. The van der Waals surface area contributed by atoms with Crippen LogP contribution in [0.3, 0.4) is 0 Å². The Bertz CT molecular complexity index is 897. The zero-order valence-electron chi connectivity index (χ0n) is 13.8. The van der Waals surface area contributed by atoms with Crippen LogP contribution in [-0.2, 0) is 11.3 Å². The molecule has 0 saturated carbocycles. The summed E-state index contributed by atoms with van der Waals surface area (Å²) in [5, 5.41) is 3.49. The minimum absolute atomic E-state index is 0.182. The summed E-state index contributed by atoms with van der Waals surface area (Å²) < 4.78 is 2.07. The van der Waals surface area contributed by atoms with E-state index in [4.69, 9.17) is 11.6 Å². The molecule has 25 heavy (non-hydrogen) atoms. The first-order chi connectivity index (χ1) is 12.1. The first-order valence-electron chi connectivity index (χ1n) is 7.91. The maximum Gasteiger partial charge on any atom is 0.248 e. The van der Waals surface area contributed by atoms with Crippen LogP contribution in [0, 0.1) is 6.92 Å². The van der Waals surface area contributed by atoms with E-state index in [1.54, 1.807) is 24.4 Å². The van der Waals surface area contributed by atoms with Gasteiger partial charge in [-0.25, -0.2) is 4.98 Å². The number of hydrogen-bond donors (Lipinski definition) is 1. The third-order valence-electron chi connectivity index (χ3n) is 3.77. The van der Waals surface area contributed by atoms with Crippen LogP contribution in [0.4, 0.5) is 5.69 Å². The van der Waals surface area contributed by atoms with Crippen molar-refractivity contribution in [2.45, 2.75) is 13.5 Å². The lowest BCUT2D eigenvalue weighted by Crippen LogP contribution is -2.08. The number of rotatable bonds is 5. The number of aromatic nitrogens is 2. The minimum atomic E-state index is -0.182. The third-order valence-corrected chi connectivity index (χ3v) is 4.01. The van der Waals surface area contributed by atoms with E-state index in [1.165, 1.54) is 6.08 Å². The highest BCUT2D eigenvalue weighted by molar-refractivity contribution is 6.30. The number of anilines is 1. The lowest BCUT2D eigenvalue weighted by molar-refractivity contribution is -0.111. The van der Waals surface area contributed by atoms with Gasteiger partial charge in [-0.2, -0.15) is 0 Å². The maximum atomic E-state index is 12.0. The number of aryl methyl sites for hydroxylation is 1. The Kier molecular flexibility index (Phi) is 5.31. The highest BCUT2D eigenvalue weighted by Crippen LogP contribution is 2.13. The van der Waals surface area contributed by atoms with Crippen LogP contribution in [0.5, 0.6) is 0 Å². The highest BCUT2D eigenvalue weighted by atomic mass is 35.5. The standard InChI is InChI=1S/C20H18ClN3O/c1-15-22-11-12-24(15)14-17-5-8-19(9-6-17)23-20(25)10-7-16-3-2-4-18(21)13-16/h2-13H,14H2,1H3,(H,23,25)/b10-7+. The molecule has 1 heterocycles. The first kappa shape index (κ1) is 17.0. The molecule has 0 bridgehead atoms. The minimum Gasteiger partial charge on any atom is -0.331 e. The predicted molar refractivity (Wildman–Crippen MR) is 102 cm³/mol. The fraction of sp³-hybridized carbons (Fsp3) is 0.100. The lowest BCUT2D eigenvalue weighted by atomic mass is 10.2.